The lowest BCUT2D eigenvalue weighted by atomic mass is 10.2. The summed E-state index contributed by atoms with van der Waals surface area (Å²) in [6.07, 6.45) is 0.538. The van der Waals surface area contributed by atoms with Gasteiger partial charge in [0, 0.05) is 29.1 Å². The van der Waals surface area contributed by atoms with Gasteiger partial charge in [0.2, 0.25) is 5.91 Å². The maximum Gasteiger partial charge on any atom is 0.238 e. The highest BCUT2D eigenvalue weighted by atomic mass is 35.5. The third-order valence-corrected chi connectivity index (χ3v) is 6.90. The maximum atomic E-state index is 12.4. The van der Waals surface area contributed by atoms with Crippen LogP contribution in [0.25, 0.3) is 0 Å². The number of benzene rings is 2. The van der Waals surface area contributed by atoms with Gasteiger partial charge in [-0.05, 0) is 29.8 Å². The topological polar surface area (TPSA) is 59.8 Å². The number of nitrogens with zero attached hydrogens (tertiary/aromatic N) is 3. The number of nitrogens with one attached hydrogen (secondary N) is 1. The van der Waals surface area contributed by atoms with Crippen LogP contribution in [0.5, 0.6) is 0 Å². The van der Waals surface area contributed by atoms with Gasteiger partial charge in [-0.1, -0.05) is 47.6 Å². The number of amides is 1. The van der Waals surface area contributed by atoms with E-state index in [0.717, 1.165) is 32.3 Å². The van der Waals surface area contributed by atoms with Gasteiger partial charge in [0.15, 0.2) is 5.16 Å². The van der Waals surface area contributed by atoms with E-state index in [9.17, 15) is 4.79 Å². The fourth-order valence-electron chi connectivity index (χ4n) is 2.77. The van der Waals surface area contributed by atoms with Gasteiger partial charge in [-0.15, -0.1) is 22.0 Å². The number of rotatable bonds is 5. The van der Waals surface area contributed by atoms with E-state index in [-0.39, 0.29) is 11.2 Å². The van der Waals surface area contributed by atoms with Crippen molar-refractivity contribution in [2.75, 3.05) is 5.32 Å². The van der Waals surface area contributed by atoms with E-state index in [1.165, 1.54) is 5.56 Å². The molecule has 1 aromatic heterocycles. The lowest BCUT2D eigenvalue weighted by Crippen LogP contribution is -2.31. The molecule has 27 heavy (non-hydrogen) atoms. The first-order valence-corrected chi connectivity index (χ1v) is 10.7. The van der Waals surface area contributed by atoms with Crippen LogP contribution in [0.3, 0.4) is 0 Å². The monoisotopic (exact) mass is 416 g/mol. The van der Waals surface area contributed by atoms with Crippen LogP contribution in [0.2, 0.25) is 5.02 Å². The molecule has 2 aromatic carbocycles. The van der Waals surface area contributed by atoms with Crippen LogP contribution in [-0.4, -0.2) is 25.9 Å². The Morgan fingerprint density at radius 3 is 2.78 bits per heavy atom. The van der Waals surface area contributed by atoms with E-state index in [1.807, 2.05) is 60.1 Å². The molecule has 0 saturated heterocycles. The minimum Gasteiger partial charge on any atom is -0.324 e. The SMILES string of the molecule is Cn1c(C[C@H]2Sc3ccccc3NC2=O)nnc1SCc1ccc(Cl)cc1. The van der Waals surface area contributed by atoms with Crippen molar-refractivity contribution in [3.8, 4) is 0 Å². The number of anilines is 1. The van der Waals surface area contributed by atoms with Crippen LogP contribution in [0.4, 0.5) is 5.69 Å². The van der Waals surface area contributed by atoms with Crippen LogP contribution in [0, 0.1) is 0 Å². The van der Waals surface area contributed by atoms with Crippen LogP contribution in [0.15, 0.2) is 58.6 Å². The molecule has 0 aliphatic carbocycles. The average Bonchev–Trinajstić information content (AvgIpc) is 3.02. The number of hydrogen-bond acceptors (Lipinski definition) is 5. The van der Waals surface area contributed by atoms with E-state index in [2.05, 4.69) is 15.5 Å². The molecule has 0 spiro atoms. The maximum absolute atomic E-state index is 12.4. The summed E-state index contributed by atoms with van der Waals surface area (Å²) in [6.45, 7) is 0. The quantitative estimate of drug-likeness (QED) is 0.624. The average molecular weight is 417 g/mol. The number of halogens is 1. The summed E-state index contributed by atoms with van der Waals surface area (Å²) in [5.74, 6) is 1.60. The number of fused-ring (bicyclic) bond motifs is 1. The number of hydrogen-bond donors (Lipinski definition) is 1. The lowest BCUT2D eigenvalue weighted by molar-refractivity contribution is -0.115. The molecule has 1 atom stereocenters. The van der Waals surface area contributed by atoms with Gasteiger partial charge in [-0.2, -0.15) is 0 Å². The molecule has 0 radical (unpaired) electrons. The van der Waals surface area contributed by atoms with E-state index < -0.39 is 0 Å². The minimum atomic E-state index is -0.211. The molecule has 3 aromatic rings. The Kier molecular flexibility index (Phi) is 5.43. The van der Waals surface area contributed by atoms with E-state index in [1.54, 1.807) is 23.5 Å². The Balaban J connectivity index is 1.43. The summed E-state index contributed by atoms with van der Waals surface area (Å²) in [7, 11) is 1.94. The number of carbonyl (C=O) groups is 1. The second-order valence-corrected chi connectivity index (χ2v) is 8.79. The van der Waals surface area contributed by atoms with Crippen LogP contribution in [-0.2, 0) is 24.0 Å². The molecule has 1 aliphatic rings. The second kappa shape index (κ2) is 7.96. The molecule has 5 nitrogen and oxygen atoms in total. The molecule has 0 saturated carbocycles. The Hall–Kier alpha value is -1.96. The molecule has 138 valence electrons. The molecule has 1 amide bonds. The molecule has 2 heterocycles. The van der Waals surface area contributed by atoms with Gasteiger partial charge in [0.05, 0.1) is 10.9 Å². The van der Waals surface area contributed by atoms with Gasteiger partial charge in [0.1, 0.15) is 5.82 Å². The van der Waals surface area contributed by atoms with Crippen molar-refractivity contribution in [3.05, 3.63) is 64.9 Å². The predicted octanol–water partition coefficient (Wildman–Crippen LogP) is 4.42. The normalized spacial score (nSPS) is 16.1. The smallest absolute Gasteiger partial charge is 0.238 e. The molecule has 0 fully saturated rings. The molecule has 1 N–H and O–H groups in total. The van der Waals surface area contributed by atoms with E-state index in [0.29, 0.717) is 6.42 Å². The number of carbonyl (C=O) groups excluding carboxylic acids is 1. The van der Waals surface area contributed by atoms with Crippen molar-refractivity contribution in [2.45, 2.75) is 27.5 Å². The van der Waals surface area contributed by atoms with Crippen molar-refractivity contribution >= 4 is 46.7 Å². The molecule has 4 rings (SSSR count). The lowest BCUT2D eigenvalue weighted by Gasteiger charge is -2.23. The van der Waals surface area contributed by atoms with Crippen molar-refractivity contribution in [3.63, 3.8) is 0 Å². The summed E-state index contributed by atoms with van der Waals surface area (Å²) in [5, 5.41) is 12.9. The van der Waals surface area contributed by atoms with Gasteiger partial charge in [0.25, 0.3) is 0 Å². The number of thioether (sulfide) groups is 2. The van der Waals surface area contributed by atoms with Gasteiger partial charge < -0.3 is 9.88 Å². The van der Waals surface area contributed by atoms with Crippen molar-refractivity contribution in [1.29, 1.82) is 0 Å². The van der Waals surface area contributed by atoms with E-state index in [4.69, 9.17) is 11.6 Å². The number of aromatic nitrogens is 3. The first-order valence-electron chi connectivity index (χ1n) is 8.42. The zero-order chi connectivity index (χ0) is 18.8. The fourth-order valence-corrected chi connectivity index (χ4v) is 4.89. The Labute approximate surface area is 170 Å². The van der Waals surface area contributed by atoms with E-state index >= 15 is 0 Å². The largest absolute Gasteiger partial charge is 0.324 e. The first kappa shape index (κ1) is 18.4. The molecular formula is C19H17ClN4OS2. The Morgan fingerprint density at radius 1 is 1.19 bits per heavy atom. The Morgan fingerprint density at radius 2 is 1.96 bits per heavy atom. The highest BCUT2D eigenvalue weighted by Gasteiger charge is 2.28. The van der Waals surface area contributed by atoms with Gasteiger partial charge in [-0.25, -0.2) is 0 Å². The van der Waals surface area contributed by atoms with Crippen molar-refractivity contribution < 1.29 is 4.79 Å². The van der Waals surface area contributed by atoms with Gasteiger partial charge >= 0.3 is 0 Å². The molecule has 0 unspecified atom stereocenters. The summed E-state index contributed by atoms with van der Waals surface area (Å²) in [4.78, 5) is 13.5. The summed E-state index contributed by atoms with van der Waals surface area (Å²) >= 11 is 9.12. The standard InChI is InChI=1S/C19H17ClN4OS2/c1-24-17(10-16-18(25)21-14-4-2-3-5-15(14)27-16)22-23-19(24)26-11-12-6-8-13(20)9-7-12/h2-9,16H,10-11H2,1H3,(H,21,25)/t16-/m1/s1. The molecule has 1 aliphatic heterocycles. The zero-order valence-electron chi connectivity index (χ0n) is 14.6. The second-order valence-electron chi connectivity index (χ2n) is 6.17. The van der Waals surface area contributed by atoms with Gasteiger partial charge in [-0.3, -0.25) is 4.79 Å². The number of para-hydroxylation sites is 1. The van der Waals surface area contributed by atoms with Crippen LogP contribution >= 0.6 is 35.1 Å². The minimum absolute atomic E-state index is 0.0112. The van der Waals surface area contributed by atoms with Crippen LogP contribution < -0.4 is 5.32 Å². The Bertz CT molecular complexity index is 974. The first-order chi connectivity index (χ1) is 13.1. The highest BCUT2D eigenvalue weighted by molar-refractivity contribution is 8.01. The molecule has 0 bridgehead atoms. The predicted molar refractivity (Wildman–Crippen MR) is 110 cm³/mol. The summed E-state index contributed by atoms with van der Waals surface area (Å²) in [5.41, 5.74) is 2.05. The van der Waals surface area contributed by atoms with Crippen molar-refractivity contribution in [2.24, 2.45) is 7.05 Å². The molecular weight excluding hydrogens is 400 g/mol. The fraction of sp³-hybridized carbons (Fsp3) is 0.211. The zero-order valence-corrected chi connectivity index (χ0v) is 16.9. The molecule has 8 heteroatoms. The summed E-state index contributed by atoms with van der Waals surface area (Å²) < 4.78 is 1.97. The highest BCUT2D eigenvalue weighted by Crippen LogP contribution is 2.36. The van der Waals surface area contributed by atoms with Crippen molar-refractivity contribution in [1.82, 2.24) is 14.8 Å². The van der Waals surface area contributed by atoms with Crippen LogP contribution in [0.1, 0.15) is 11.4 Å². The summed E-state index contributed by atoms with van der Waals surface area (Å²) in [6, 6.07) is 15.6. The third-order valence-electron chi connectivity index (χ3n) is 4.28. The third kappa shape index (κ3) is 4.15.